The molecule has 4 atom stereocenters. The van der Waals surface area contributed by atoms with Gasteiger partial charge in [-0.3, -0.25) is 14.8 Å². The Hall–Kier alpha value is -5.29. The number of nitrogens with zero attached hydrogens (tertiary/aromatic N) is 2. The molecule has 0 fully saturated rings. The van der Waals surface area contributed by atoms with E-state index in [2.05, 4.69) is 25.9 Å². The summed E-state index contributed by atoms with van der Waals surface area (Å²) < 4.78 is 10.9. The van der Waals surface area contributed by atoms with E-state index in [1.807, 2.05) is 100 Å². The van der Waals surface area contributed by atoms with E-state index < -0.39 is 42.3 Å². The summed E-state index contributed by atoms with van der Waals surface area (Å²) in [5, 5.41) is 20.3. The van der Waals surface area contributed by atoms with Crippen molar-refractivity contribution in [3.8, 4) is 0 Å². The summed E-state index contributed by atoms with van der Waals surface area (Å²) in [6.45, 7) is 7.71. The van der Waals surface area contributed by atoms with Crippen LogP contribution in [0.5, 0.6) is 0 Å². The molecule has 11 heteroatoms. The number of aliphatic hydroxyl groups excluding tert-OH is 1. The van der Waals surface area contributed by atoms with Gasteiger partial charge in [-0.1, -0.05) is 100 Å². The van der Waals surface area contributed by atoms with E-state index >= 15 is 0 Å². The Kier molecular flexibility index (Phi) is 14.9. The summed E-state index contributed by atoms with van der Waals surface area (Å²) in [6.07, 6.45) is 1.59. The van der Waals surface area contributed by atoms with Gasteiger partial charge in [-0.15, -0.1) is 0 Å². The third-order valence-electron chi connectivity index (χ3n) is 8.35. The fraction of sp³-hybridized carbons (Fsp3) is 0.375. The average Bonchev–Trinajstić information content (AvgIpc) is 3.13. The Labute approximate surface area is 300 Å². The Balaban J connectivity index is 1.45. The van der Waals surface area contributed by atoms with Crippen molar-refractivity contribution in [3.63, 3.8) is 0 Å². The normalized spacial score (nSPS) is 13.5. The number of aliphatic hydroxyl groups is 1. The second kappa shape index (κ2) is 19.8. The molecule has 0 aliphatic rings. The van der Waals surface area contributed by atoms with Crippen LogP contribution in [0.1, 0.15) is 68.1 Å². The maximum Gasteiger partial charge on any atom is 0.408 e. The zero-order chi connectivity index (χ0) is 36.6. The van der Waals surface area contributed by atoms with Crippen LogP contribution in [0.3, 0.4) is 0 Å². The standard InChI is InChI=1S/C40H49N5O6/c1-27(2)34-19-11-18-32(42-34)26-51-40(49)45-37(28(3)4)38(47)43-33(21-29-13-7-5-8-14-29)23-36(46)35(22-30-15-9-6-10-16-30)44-39(48)50-25-31-17-12-20-41-24-31/h5-20,24,27-28,33,35-37,46H,21-23,25-26H2,1-4H3,(H,43,47)(H,44,48)(H,45,49)/t33-,35-,36-,37?/m0/s1. The van der Waals surface area contributed by atoms with Crippen LogP contribution >= 0.6 is 0 Å². The predicted octanol–water partition coefficient (Wildman–Crippen LogP) is 5.87. The number of alkyl carbamates (subject to hydrolysis) is 2. The molecular weight excluding hydrogens is 646 g/mol. The average molecular weight is 696 g/mol. The number of aromatic nitrogens is 2. The van der Waals surface area contributed by atoms with Gasteiger partial charge in [0.15, 0.2) is 0 Å². The van der Waals surface area contributed by atoms with Crippen molar-refractivity contribution in [3.05, 3.63) is 131 Å². The predicted molar refractivity (Wildman–Crippen MR) is 194 cm³/mol. The van der Waals surface area contributed by atoms with E-state index in [4.69, 9.17) is 9.47 Å². The third-order valence-corrected chi connectivity index (χ3v) is 8.35. The fourth-order valence-corrected chi connectivity index (χ4v) is 5.56. The molecule has 4 aromatic rings. The van der Waals surface area contributed by atoms with Gasteiger partial charge in [-0.05, 0) is 60.4 Å². The first-order valence-electron chi connectivity index (χ1n) is 17.3. The van der Waals surface area contributed by atoms with Crippen LogP contribution < -0.4 is 16.0 Å². The Morgan fingerprint density at radius 1 is 0.706 bits per heavy atom. The van der Waals surface area contributed by atoms with Gasteiger partial charge in [0.1, 0.15) is 19.3 Å². The molecule has 0 bridgehead atoms. The van der Waals surface area contributed by atoms with Gasteiger partial charge in [-0.2, -0.15) is 0 Å². The lowest BCUT2D eigenvalue weighted by Gasteiger charge is -2.30. The molecular formula is C40H49N5O6. The molecule has 11 nitrogen and oxygen atoms in total. The molecule has 1 unspecified atom stereocenters. The molecule has 2 aromatic heterocycles. The largest absolute Gasteiger partial charge is 0.445 e. The third kappa shape index (κ3) is 13.2. The Morgan fingerprint density at radius 3 is 1.96 bits per heavy atom. The van der Waals surface area contributed by atoms with Gasteiger partial charge < -0.3 is 30.5 Å². The topological polar surface area (TPSA) is 152 Å². The van der Waals surface area contributed by atoms with E-state index in [0.717, 1.165) is 22.4 Å². The number of nitrogens with one attached hydrogen (secondary N) is 3. The smallest absolute Gasteiger partial charge is 0.408 e. The highest BCUT2D eigenvalue weighted by molar-refractivity contribution is 5.86. The highest BCUT2D eigenvalue weighted by Crippen LogP contribution is 2.16. The zero-order valence-corrected chi connectivity index (χ0v) is 29.7. The van der Waals surface area contributed by atoms with E-state index in [-0.39, 0.29) is 31.5 Å². The molecule has 4 N–H and O–H groups in total. The lowest BCUT2D eigenvalue weighted by Crippen LogP contribution is -2.54. The van der Waals surface area contributed by atoms with Crippen LogP contribution in [0.25, 0.3) is 0 Å². The summed E-state index contributed by atoms with van der Waals surface area (Å²) in [5.41, 5.74) is 4.09. The molecule has 51 heavy (non-hydrogen) atoms. The molecule has 270 valence electrons. The van der Waals surface area contributed by atoms with Gasteiger partial charge in [0.2, 0.25) is 5.91 Å². The fourth-order valence-electron chi connectivity index (χ4n) is 5.56. The first kappa shape index (κ1) is 38.5. The second-order valence-corrected chi connectivity index (χ2v) is 13.2. The number of hydrogen-bond donors (Lipinski definition) is 4. The van der Waals surface area contributed by atoms with E-state index in [9.17, 15) is 19.5 Å². The van der Waals surface area contributed by atoms with Crippen molar-refractivity contribution >= 4 is 18.1 Å². The van der Waals surface area contributed by atoms with Gasteiger partial charge in [0.25, 0.3) is 0 Å². The van der Waals surface area contributed by atoms with Crippen LogP contribution in [0.4, 0.5) is 9.59 Å². The van der Waals surface area contributed by atoms with Crippen LogP contribution in [0.2, 0.25) is 0 Å². The summed E-state index contributed by atoms with van der Waals surface area (Å²) >= 11 is 0. The maximum absolute atomic E-state index is 13.8. The van der Waals surface area contributed by atoms with Crippen molar-refractivity contribution in [2.45, 2.75) is 90.3 Å². The van der Waals surface area contributed by atoms with Crippen molar-refractivity contribution in [1.82, 2.24) is 25.9 Å². The van der Waals surface area contributed by atoms with E-state index in [1.54, 1.807) is 30.6 Å². The summed E-state index contributed by atoms with van der Waals surface area (Å²) in [4.78, 5) is 48.2. The molecule has 0 radical (unpaired) electrons. The summed E-state index contributed by atoms with van der Waals surface area (Å²) in [7, 11) is 0. The van der Waals surface area contributed by atoms with Gasteiger partial charge in [-0.25, -0.2) is 9.59 Å². The van der Waals surface area contributed by atoms with Crippen LogP contribution in [0.15, 0.2) is 103 Å². The van der Waals surface area contributed by atoms with Crippen molar-refractivity contribution in [2.75, 3.05) is 0 Å². The maximum atomic E-state index is 13.8. The van der Waals surface area contributed by atoms with Crippen molar-refractivity contribution in [1.29, 1.82) is 0 Å². The summed E-state index contributed by atoms with van der Waals surface area (Å²) in [5.74, 6) is -0.464. The van der Waals surface area contributed by atoms with E-state index in [0.29, 0.717) is 18.5 Å². The number of pyridine rings is 2. The minimum atomic E-state index is -1.07. The number of rotatable bonds is 17. The molecule has 0 spiro atoms. The SMILES string of the molecule is CC(C)c1cccc(COC(=O)NC(C(=O)N[C@@H](Cc2ccccc2)C[C@H](O)[C@H](Cc2ccccc2)NC(=O)OCc2cccnc2)C(C)C)n1. The molecule has 2 heterocycles. The molecule has 0 saturated heterocycles. The minimum absolute atomic E-state index is 0.0212. The Morgan fingerprint density at radius 2 is 1.33 bits per heavy atom. The van der Waals surface area contributed by atoms with Gasteiger partial charge >= 0.3 is 12.2 Å². The number of hydrogen-bond acceptors (Lipinski definition) is 8. The molecule has 2 aromatic carbocycles. The molecule has 0 saturated carbocycles. The van der Waals surface area contributed by atoms with Crippen LogP contribution in [-0.2, 0) is 40.3 Å². The molecule has 3 amide bonds. The number of benzene rings is 2. The molecule has 0 aliphatic heterocycles. The van der Waals surface area contributed by atoms with Crippen molar-refractivity contribution in [2.24, 2.45) is 5.92 Å². The van der Waals surface area contributed by atoms with Gasteiger partial charge in [0, 0.05) is 29.7 Å². The first-order valence-corrected chi connectivity index (χ1v) is 17.3. The number of carbonyl (C=O) groups is 3. The number of amides is 3. The quantitative estimate of drug-likeness (QED) is 0.107. The minimum Gasteiger partial charge on any atom is -0.445 e. The van der Waals surface area contributed by atoms with Crippen LogP contribution in [-0.4, -0.2) is 57.4 Å². The lowest BCUT2D eigenvalue weighted by molar-refractivity contribution is -0.125. The van der Waals surface area contributed by atoms with E-state index in [1.165, 1.54) is 0 Å². The monoisotopic (exact) mass is 695 g/mol. The van der Waals surface area contributed by atoms with Gasteiger partial charge in [0.05, 0.1) is 17.8 Å². The zero-order valence-electron chi connectivity index (χ0n) is 29.7. The number of carbonyl (C=O) groups excluding carboxylic acids is 3. The second-order valence-electron chi connectivity index (χ2n) is 13.2. The Bertz CT molecular complexity index is 1660. The number of ether oxygens (including phenoxy) is 2. The summed E-state index contributed by atoms with van der Waals surface area (Å²) in [6, 6.07) is 26.0. The highest BCUT2D eigenvalue weighted by atomic mass is 16.6. The first-order chi connectivity index (χ1) is 24.6. The van der Waals surface area contributed by atoms with Crippen molar-refractivity contribution < 1.29 is 29.0 Å². The highest BCUT2D eigenvalue weighted by Gasteiger charge is 2.30. The molecule has 4 rings (SSSR count). The molecule has 0 aliphatic carbocycles. The van der Waals surface area contributed by atoms with Crippen LogP contribution in [0, 0.1) is 5.92 Å². The lowest BCUT2D eigenvalue weighted by atomic mass is 9.93.